The van der Waals surface area contributed by atoms with Crippen LogP contribution in [0.4, 0.5) is 0 Å². The fraction of sp³-hybridized carbons (Fsp3) is 0.250. The van der Waals surface area contributed by atoms with Crippen molar-refractivity contribution in [1.82, 2.24) is 0 Å². The molecular weight excluding hydrogens is 192 g/mol. The van der Waals surface area contributed by atoms with Crippen molar-refractivity contribution in [1.29, 1.82) is 0 Å². The van der Waals surface area contributed by atoms with Gasteiger partial charge in [-0.25, -0.2) is 0 Å². The second kappa shape index (κ2) is 3.42. The van der Waals surface area contributed by atoms with Crippen LogP contribution in [0.25, 0.3) is 11.0 Å². The Morgan fingerprint density at radius 1 is 1.40 bits per heavy atom. The quantitative estimate of drug-likeness (QED) is 0.706. The lowest BCUT2D eigenvalue weighted by Crippen LogP contribution is -1.90. The number of rotatable bonds is 2. The van der Waals surface area contributed by atoms with Crippen LogP contribution in [0.5, 0.6) is 5.75 Å². The van der Waals surface area contributed by atoms with Crippen LogP contribution < -0.4 is 4.74 Å². The van der Waals surface area contributed by atoms with Crippen LogP contribution in [-0.4, -0.2) is 12.9 Å². The van der Waals surface area contributed by atoms with Gasteiger partial charge in [-0.1, -0.05) is 12.1 Å². The highest BCUT2D eigenvalue weighted by atomic mass is 16.5. The molecule has 0 fully saturated rings. The molecule has 1 heterocycles. The summed E-state index contributed by atoms with van der Waals surface area (Å²) in [7, 11) is 1.58. The number of benzene rings is 1. The Morgan fingerprint density at radius 2 is 2.13 bits per heavy atom. The maximum atomic E-state index is 11.3. The van der Waals surface area contributed by atoms with E-state index in [-0.39, 0.29) is 5.78 Å². The van der Waals surface area contributed by atoms with E-state index in [0.717, 1.165) is 10.9 Å². The number of para-hydroxylation sites is 1. The predicted octanol–water partition coefficient (Wildman–Crippen LogP) is 2.95. The molecule has 0 aliphatic heterocycles. The van der Waals surface area contributed by atoms with Gasteiger partial charge in [-0.2, -0.15) is 0 Å². The second-order valence-corrected chi connectivity index (χ2v) is 3.45. The molecule has 0 N–H and O–H groups in total. The van der Waals surface area contributed by atoms with Crippen molar-refractivity contribution in [3.63, 3.8) is 0 Å². The summed E-state index contributed by atoms with van der Waals surface area (Å²) in [5.74, 6) is 1.00. The van der Waals surface area contributed by atoms with Crippen molar-refractivity contribution < 1.29 is 13.9 Å². The first-order valence-electron chi connectivity index (χ1n) is 4.72. The Morgan fingerprint density at radius 3 is 2.73 bits per heavy atom. The summed E-state index contributed by atoms with van der Waals surface area (Å²) in [5.41, 5.74) is 1.51. The number of ketones is 1. The van der Waals surface area contributed by atoms with E-state index >= 15 is 0 Å². The summed E-state index contributed by atoms with van der Waals surface area (Å²) < 4.78 is 10.7. The van der Waals surface area contributed by atoms with Crippen LogP contribution >= 0.6 is 0 Å². The Balaban J connectivity index is 2.81. The number of fused-ring (bicyclic) bond motifs is 1. The molecule has 15 heavy (non-hydrogen) atoms. The molecule has 0 unspecified atom stereocenters. The zero-order valence-corrected chi connectivity index (χ0v) is 8.96. The lowest BCUT2D eigenvalue weighted by Gasteiger charge is -1.98. The Hall–Kier alpha value is -1.77. The smallest absolute Gasteiger partial charge is 0.195 e. The fourth-order valence-electron chi connectivity index (χ4n) is 1.71. The van der Waals surface area contributed by atoms with Gasteiger partial charge in [-0.05, 0) is 13.0 Å². The number of hydrogen-bond donors (Lipinski definition) is 0. The average molecular weight is 204 g/mol. The molecule has 0 bridgehead atoms. The lowest BCUT2D eigenvalue weighted by atomic mass is 10.1. The number of ether oxygens (including phenoxy) is 1. The first kappa shape index (κ1) is 9.77. The number of hydrogen-bond acceptors (Lipinski definition) is 3. The summed E-state index contributed by atoms with van der Waals surface area (Å²) in [6, 6.07) is 5.62. The zero-order chi connectivity index (χ0) is 11.0. The third-order valence-corrected chi connectivity index (χ3v) is 2.47. The van der Waals surface area contributed by atoms with Crippen LogP contribution in [-0.2, 0) is 0 Å². The highest BCUT2D eigenvalue weighted by Crippen LogP contribution is 2.32. The number of methoxy groups -OCH3 is 1. The third kappa shape index (κ3) is 1.40. The summed E-state index contributed by atoms with van der Waals surface area (Å²) in [4.78, 5) is 11.3. The van der Waals surface area contributed by atoms with Gasteiger partial charge in [0.2, 0.25) is 0 Å². The minimum Gasteiger partial charge on any atom is -0.493 e. The molecule has 0 radical (unpaired) electrons. The fourth-order valence-corrected chi connectivity index (χ4v) is 1.71. The van der Waals surface area contributed by atoms with Gasteiger partial charge in [0.05, 0.1) is 7.11 Å². The minimum absolute atomic E-state index is 0.0641. The van der Waals surface area contributed by atoms with Crippen LogP contribution in [0.1, 0.15) is 23.0 Å². The van der Waals surface area contributed by atoms with Gasteiger partial charge >= 0.3 is 0 Å². The molecule has 2 rings (SSSR count). The molecule has 3 nitrogen and oxygen atoms in total. The van der Waals surface area contributed by atoms with Gasteiger partial charge in [0.15, 0.2) is 22.9 Å². The van der Waals surface area contributed by atoms with E-state index < -0.39 is 0 Å². The van der Waals surface area contributed by atoms with Crippen molar-refractivity contribution in [3.8, 4) is 5.75 Å². The van der Waals surface area contributed by atoms with Crippen LogP contribution in [0, 0.1) is 6.92 Å². The number of carbonyl (C=O) groups is 1. The van der Waals surface area contributed by atoms with Crippen molar-refractivity contribution in [2.75, 3.05) is 7.11 Å². The molecule has 0 aliphatic rings. The van der Waals surface area contributed by atoms with E-state index in [1.54, 1.807) is 7.11 Å². The largest absolute Gasteiger partial charge is 0.493 e. The molecule has 0 spiro atoms. The predicted molar refractivity (Wildman–Crippen MR) is 57.5 cm³/mol. The molecular formula is C12H12O3. The van der Waals surface area contributed by atoms with Gasteiger partial charge in [0.25, 0.3) is 0 Å². The zero-order valence-electron chi connectivity index (χ0n) is 8.96. The summed E-state index contributed by atoms with van der Waals surface area (Å²) >= 11 is 0. The van der Waals surface area contributed by atoms with Gasteiger partial charge < -0.3 is 9.15 Å². The molecule has 0 amide bonds. The monoisotopic (exact) mass is 204 g/mol. The molecule has 0 atom stereocenters. The molecule has 0 saturated carbocycles. The van der Waals surface area contributed by atoms with Crippen LogP contribution in [0.3, 0.4) is 0 Å². The van der Waals surface area contributed by atoms with Gasteiger partial charge in [-0.15, -0.1) is 0 Å². The van der Waals surface area contributed by atoms with E-state index in [0.29, 0.717) is 17.1 Å². The Kier molecular flexibility index (Phi) is 2.23. The maximum Gasteiger partial charge on any atom is 0.195 e. The van der Waals surface area contributed by atoms with Crippen molar-refractivity contribution in [2.24, 2.45) is 0 Å². The van der Waals surface area contributed by atoms with Crippen molar-refractivity contribution >= 4 is 16.8 Å². The maximum absolute atomic E-state index is 11.3. The normalized spacial score (nSPS) is 10.6. The molecule has 2 aromatic rings. The Bertz CT molecular complexity index is 523. The standard InChI is InChI=1S/C12H12O3/c1-7-9-5-4-6-10(14-3)12(9)15-11(7)8(2)13/h4-6H,1-3H3. The summed E-state index contributed by atoms with van der Waals surface area (Å²) in [6.07, 6.45) is 0. The SMILES string of the molecule is COc1cccc2c(C)c(C(C)=O)oc12. The van der Waals surface area contributed by atoms with E-state index in [2.05, 4.69) is 0 Å². The van der Waals surface area contributed by atoms with Gasteiger partial charge in [0.1, 0.15) is 0 Å². The highest BCUT2D eigenvalue weighted by molar-refractivity contribution is 6.00. The molecule has 78 valence electrons. The van der Waals surface area contributed by atoms with E-state index in [9.17, 15) is 4.79 Å². The van der Waals surface area contributed by atoms with Gasteiger partial charge in [-0.3, -0.25) is 4.79 Å². The molecule has 0 aliphatic carbocycles. The third-order valence-electron chi connectivity index (χ3n) is 2.47. The van der Waals surface area contributed by atoms with Crippen LogP contribution in [0.15, 0.2) is 22.6 Å². The first-order valence-corrected chi connectivity index (χ1v) is 4.72. The second-order valence-electron chi connectivity index (χ2n) is 3.45. The van der Waals surface area contributed by atoms with E-state index in [1.807, 2.05) is 25.1 Å². The summed E-state index contributed by atoms with van der Waals surface area (Å²) in [5, 5.41) is 0.930. The Labute approximate surface area is 87.6 Å². The highest BCUT2D eigenvalue weighted by Gasteiger charge is 2.16. The van der Waals surface area contributed by atoms with E-state index in [4.69, 9.17) is 9.15 Å². The molecule has 1 aromatic heterocycles. The first-order chi connectivity index (χ1) is 7.15. The number of Topliss-reactive ketones (excluding diaryl/α,β-unsaturated/α-hetero) is 1. The number of carbonyl (C=O) groups excluding carboxylic acids is 1. The van der Waals surface area contributed by atoms with Crippen molar-refractivity contribution in [3.05, 3.63) is 29.5 Å². The molecule has 1 aromatic carbocycles. The van der Waals surface area contributed by atoms with Gasteiger partial charge in [0, 0.05) is 17.9 Å². The lowest BCUT2D eigenvalue weighted by molar-refractivity contribution is 0.0988. The molecule has 3 heteroatoms. The number of furan rings is 1. The van der Waals surface area contributed by atoms with Crippen LogP contribution in [0.2, 0.25) is 0 Å². The summed E-state index contributed by atoms with van der Waals surface area (Å²) in [6.45, 7) is 3.37. The van der Waals surface area contributed by atoms with E-state index in [1.165, 1.54) is 6.92 Å². The average Bonchev–Trinajstić information content (AvgIpc) is 2.56. The minimum atomic E-state index is -0.0641. The van der Waals surface area contributed by atoms with Crippen molar-refractivity contribution in [2.45, 2.75) is 13.8 Å². The molecule has 0 saturated heterocycles. The topological polar surface area (TPSA) is 39.4 Å². The number of aryl methyl sites for hydroxylation is 1.